The van der Waals surface area contributed by atoms with Crippen LogP contribution in [0.4, 0.5) is 0 Å². The number of primary amides is 1. The minimum atomic E-state index is -1.77. The summed E-state index contributed by atoms with van der Waals surface area (Å²) in [6.07, 6.45) is -1.84. The van der Waals surface area contributed by atoms with Crippen molar-refractivity contribution < 1.29 is 68.0 Å². The number of methoxy groups -OCH3 is 1. The van der Waals surface area contributed by atoms with Crippen LogP contribution in [0.1, 0.15) is 99.8 Å². The number of rotatable bonds is 15. The molecule has 9 amide bonds. The predicted octanol–water partition coefficient (Wildman–Crippen LogP) is -4.01. The summed E-state index contributed by atoms with van der Waals surface area (Å²) in [7, 11) is 1.17. The molecule has 1 aliphatic heterocycles. The molecule has 9 atom stereocenters. The average molecular weight is 900 g/mol. The van der Waals surface area contributed by atoms with Crippen molar-refractivity contribution in [2.24, 2.45) is 23.5 Å². The van der Waals surface area contributed by atoms with E-state index in [1.165, 1.54) is 7.11 Å². The molecule has 1 unspecified atom stereocenters. The lowest BCUT2D eigenvalue weighted by Crippen LogP contribution is -2.62. The largest absolute Gasteiger partial charge is 0.467 e. The zero-order valence-corrected chi connectivity index (χ0v) is 37.4. The monoisotopic (exact) mass is 899 g/mol. The molecule has 0 spiro atoms. The van der Waals surface area contributed by atoms with Crippen molar-refractivity contribution in [1.82, 2.24) is 42.5 Å². The second kappa shape index (κ2) is 27.6. The lowest BCUT2D eigenvalue weighted by atomic mass is 9.99. The summed E-state index contributed by atoms with van der Waals surface area (Å²) in [5, 5.41) is 50.0. The number of carbonyl (C=O) groups is 10. The molecule has 358 valence electrons. The van der Waals surface area contributed by atoms with Crippen LogP contribution >= 0.6 is 0 Å². The van der Waals surface area contributed by atoms with Crippen molar-refractivity contribution in [3.8, 4) is 0 Å². The van der Waals surface area contributed by atoms with Crippen molar-refractivity contribution in [3.05, 3.63) is 0 Å². The van der Waals surface area contributed by atoms with Gasteiger partial charge in [-0.25, -0.2) is 4.79 Å². The number of amides is 9. The lowest BCUT2D eigenvalue weighted by Gasteiger charge is -2.29. The van der Waals surface area contributed by atoms with Crippen molar-refractivity contribution in [1.29, 1.82) is 0 Å². The number of aliphatic hydroxyl groups excluding tert-OH is 3. The molecule has 13 N–H and O–H groups in total. The molecule has 0 bridgehead atoms. The Morgan fingerprint density at radius 1 is 0.698 bits per heavy atom. The smallest absolute Gasteiger partial charge is 0.328 e. The van der Waals surface area contributed by atoms with Gasteiger partial charge in [0.15, 0.2) is 0 Å². The molecule has 1 rings (SSSR count). The second-order valence-electron chi connectivity index (χ2n) is 16.8. The quantitative estimate of drug-likeness (QED) is 0.0698. The average Bonchev–Trinajstić information content (AvgIpc) is 3.19. The maximum atomic E-state index is 13.9. The van der Waals surface area contributed by atoms with Gasteiger partial charge in [-0.1, -0.05) is 54.4 Å². The van der Waals surface area contributed by atoms with Gasteiger partial charge in [-0.3, -0.25) is 43.2 Å². The highest BCUT2D eigenvalue weighted by Crippen LogP contribution is 2.13. The first-order valence-electron chi connectivity index (χ1n) is 21.1. The van der Waals surface area contributed by atoms with E-state index in [9.17, 15) is 63.3 Å². The Labute approximate surface area is 367 Å². The molecule has 23 nitrogen and oxygen atoms in total. The van der Waals surface area contributed by atoms with Crippen LogP contribution in [-0.2, 0) is 52.7 Å². The topological polar surface area (TPSA) is 363 Å². The maximum Gasteiger partial charge on any atom is 0.328 e. The summed E-state index contributed by atoms with van der Waals surface area (Å²) in [6.45, 7) is 9.58. The fourth-order valence-corrected chi connectivity index (χ4v) is 6.46. The van der Waals surface area contributed by atoms with Crippen molar-refractivity contribution in [3.63, 3.8) is 0 Å². The Kier molecular flexibility index (Phi) is 24.4. The molecule has 23 heteroatoms. The second-order valence-corrected chi connectivity index (χ2v) is 16.8. The Balaban J connectivity index is 3.63. The van der Waals surface area contributed by atoms with Gasteiger partial charge < -0.3 is 68.3 Å². The van der Waals surface area contributed by atoms with Gasteiger partial charge in [-0.05, 0) is 50.4 Å². The molecule has 0 aromatic carbocycles. The van der Waals surface area contributed by atoms with Gasteiger partial charge in [0.25, 0.3) is 0 Å². The van der Waals surface area contributed by atoms with Gasteiger partial charge in [0.2, 0.25) is 53.2 Å². The van der Waals surface area contributed by atoms with E-state index in [0.717, 1.165) is 6.92 Å². The van der Waals surface area contributed by atoms with Gasteiger partial charge in [-0.2, -0.15) is 0 Å². The van der Waals surface area contributed by atoms with Gasteiger partial charge in [-0.15, -0.1) is 0 Å². The van der Waals surface area contributed by atoms with E-state index in [4.69, 9.17) is 10.5 Å². The highest BCUT2D eigenvalue weighted by Gasteiger charge is 2.37. The molecule has 1 aliphatic rings. The highest BCUT2D eigenvalue weighted by molar-refractivity contribution is 5.99. The van der Waals surface area contributed by atoms with E-state index in [-0.39, 0.29) is 56.8 Å². The third-order valence-corrected chi connectivity index (χ3v) is 9.88. The van der Waals surface area contributed by atoms with E-state index in [1.54, 1.807) is 27.7 Å². The number of hydrogen-bond donors (Lipinski definition) is 12. The summed E-state index contributed by atoms with van der Waals surface area (Å²) in [4.78, 5) is 132. The first-order valence-corrected chi connectivity index (χ1v) is 21.1. The van der Waals surface area contributed by atoms with Crippen LogP contribution < -0.4 is 48.3 Å². The van der Waals surface area contributed by atoms with Crippen molar-refractivity contribution >= 4 is 59.1 Å². The van der Waals surface area contributed by atoms with Crippen LogP contribution in [0.2, 0.25) is 0 Å². The van der Waals surface area contributed by atoms with Crippen molar-refractivity contribution in [2.75, 3.05) is 20.3 Å². The molecule has 1 heterocycles. The first-order chi connectivity index (χ1) is 29.4. The molecular formula is C40H69N9O14. The molecule has 0 aromatic rings. The molecular weight excluding hydrogens is 830 g/mol. The molecule has 1 saturated heterocycles. The predicted molar refractivity (Wildman–Crippen MR) is 224 cm³/mol. The van der Waals surface area contributed by atoms with Crippen molar-refractivity contribution in [2.45, 2.75) is 154 Å². The third kappa shape index (κ3) is 19.7. The zero-order valence-electron chi connectivity index (χ0n) is 37.4. The van der Waals surface area contributed by atoms with E-state index >= 15 is 0 Å². The summed E-state index contributed by atoms with van der Waals surface area (Å²) in [6, 6.07) is -11.9. The van der Waals surface area contributed by atoms with Crippen LogP contribution in [0.15, 0.2) is 0 Å². The van der Waals surface area contributed by atoms with Crippen LogP contribution in [-0.4, -0.2) is 149 Å². The normalized spacial score (nSPS) is 24.3. The van der Waals surface area contributed by atoms with E-state index in [2.05, 4.69) is 42.5 Å². The van der Waals surface area contributed by atoms with Crippen LogP contribution in [0.25, 0.3) is 0 Å². The molecule has 0 aromatic heterocycles. The van der Waals surface area contributed by atoms with Crippen LogP contribution in [0.3, 0.4) is 0 Å². The molecule has 1 fully saturated rings. The first kappa shape index (κ1) is 55.6. The minimum absolute atomic E-state index is 0.0174. The molecule has 0 saturated carbocycles. The number of ether oxygens (including phenoxy) is 1. The summed E-state index contributed by atoms with van der Waals surface area (Å²) < 4.78 is 4.84. The number of nitrogens with two attached hydrogens (primary N) is 1. The standard InChI is InChI=1S/C40H69N9O14/c1-19(2)14-24-34(56)47-28(18-51)37(59)49-32(22(7)52)39(61)43-23(33(55)48-31(21(5)6)38(60)46-26(15-20(3)4)40(62)63-8)12-10-9-11-13-30(54)42-27(17-50)36(58)45-25(16-29(41)53)35(57)44-24/h19-28,31-32,50-52H,9-18H2,1-8H3,(H2,41,53)(H,42,54)(H,43,61)(H,44,57)(H,45,58)(H,46,60)(H,47,56)(H,48,55)(H,49,59)/t22-,23?,24+,25+,26+,27+,28+,31+,32+/m1/s1. The number of esters is 1. The fourth-order valence-electron chi connectivity index (χ4n) is 6.46. The Morgan fingerprint density at radius 3 is 1.76 bits per heavy atom. The highest BCUT2D eigenvalue weighted by atomic mass is 16.5. The minimum Gasteiger partial charge on any atom is -0.467 e. The Hall–Kier alpha value is -5.42. The Morgan fingerprint density at radius 2 is 1.24 bits per heavy atom. The number of aliphatic hydroxyl groups is 3. The molecule has 0 radical (unpaired) electrons. The van der Waals surface area contributed by atoms with Gasteiger partial charge in [0, 0.05) is 6.42 Å². The van der Waals surface area contributed by atoms with E-state index < -0.39 is 139 Å². The summed E-state index contributed by atoms with van der Waals surface area (Å²) in [5.74, 6) is -10.1. The number of hydrogen-bond acceptors (Lipinski definition) is 14. The molecule has 63 heavy (non-hydrogen) atoms. The number of carbonyl (C=O) groups excluding carboxylic acids is 10. The van der Waals surface area contributed by atoms with E-state index in [1.807, 2.05) is 13.8 Å². The summed E-state index contributed by atoms with van der Waals surface area (Å²) in [5.41, 5.74) is 5.32. The van der Waals surface area contributed by atoms with Gasteiger partial charge in [0.1, 0.15) is 48.3 Å². The SMILES string of the molecule is COC(=O)[C@H](CC(C)C)NC(=O)[C@@H](NC(=O)C1CCCCCC(=O)N[C@@H](CO)C(=O)N[C@@H](CC(N)=O)C(=O)N[C@@H](CC(C)C)C(=O)N[C@@H](CO)C(=O)N[C@@H]([C@@H](C)O)C(=O)N1)C(C)C. The van der Waals surface area contributed by atoms with Crippen LogP contribution in [0.5, 0.6) is 0 Å². The fraction of sp³-hybridized carbons (Fsp3) is 0.750. The zero-order chi connectivity index (χ0) is 48.1. The van der Waals surface area contributed by atoms with Gasteiger partial charge in [0.05, 0.1) is 32.8 Å². The summed E-state index contributed by atoms with van der Waals surface area (Å²) >= 11 is 0. The lowest BCUT2D eigenvalue weighted by molar-refractivity contribution is -0.146. The maximum absolute atomic E-state index is 13.9. The number of nitrogens with one attached hydrogen (secondary N) is 8. The van der Waals surface area contributed by atoms with Gasteiger partial charge >= 0.3 is 5.97 Å². The Bertz CT molecular complexity index is 1610. The van der Waals surface area contributed by atoms with E-state index in [0.29, 0.717) is 0 Å². The molecule has 0 aliphatic carbocycles. The van der Waals surface area contributed by atoms with Crippen LogP contribution in [0, 0.1) is 17.8 Å². The third-order valence-electron chi connectivity index (χ3n) is 9.88.